The Bertz CT molecular complexity index is 1170. The number of aliphatic imine (C=N–C) groups is 1. The van der Waals surface area contributed by atoms with Crippen LogP contribution in [-0.4, -0.2) is 33.7 Å². The third-order valence-electron chi connectivity index (χ3n) is 5.29. The first-order valence-corrected chi connectivity index (χ1v) is 11.8. The van der Waals surface area contributed by atoms with Crippen LogP contribution in [0, 0.1) is 11.6 Å². The van der Waals surface area contributed by atoms with Gasteiger partial charge in [-0.15, -0.1) is 0 Å². The van der Waals surface area contributed by atoms with Crippen LogP contribution < -0.4 is 5.32 Å². The molecule has 1 heterocycles. The van der Waals surface area contributed by atoms with E-state index in [4.69, 9.17) is 0 Å². The summed E-state index contributed by atoms with van der Waals surface area (Å²) >= 11 is 1.19. The zero-order chi connectivity index (χ0) is 23.9. The van der Waals surface area contributed by atoms with E-state index < -0.39 is 11.1 Å². The maximum absolute atomic E-state index is 13.3. The van der Waals surface area contributed by atoms with Crippen molar-refractivity contribution in [3.63, 3.8) is 0 Å². The van der Waals surface area contributed by atoms with Crippen LogP contribution in [0.2, 0.25) is 0 Å². The molecule has 1 saturated heterocycles. The van der Waals surface area contributed by atoms with E-state index in [1.165, 1.54) is 65.9 Å². The Morgan fingerprint density at radius 1 is 0.971 bits per heavy atom. The number of amides is 2. The fourth-order valence-electron chi connectivity index (χ4n) is 3.53. The van der Waals surface area contributed by atoms with E-state index in [1.807, 2.05) is 30.3 Å². The summed E-state index contributed by atoms with van der Waals surface area (Å²) in [5.74, 6) is -1.35. The van der Waals surface area contributed by atoms with Crippen molar-refractivity contribution in [3.8, 4) is 0 Å². The number of anilines is 1. The molecule has 1 N–H and O–H groups in total. The fraction of sp³-hybridized carbons (Fsp3) is 0.192. The Morgan fingerprint density at radius 3 is 2.29 bits per heavy atom. The van der Waals surface area contributed by atoms with Crippen molar-refractivity contribution in [3.05, 3.63) is 96.1 Å². The number of nitrogens with zero attached hydrogens (tertiary/aromatic N) is 2. The van der Waals surface area contributed by atoms with E-state index in [1.54, 1.807) is 4.90 Å². The molecule has 1 aliphatic heterocycles. The second-order valence-corrected chi connectivity index (χ2v) is 8.98. The van der Waals surface area contributed by atoms with Crippen LogP contribution in [0.15, 0.2) is 83.9 Å². The molecule has 1 atom stereocenters. The molecule has 3 aromatic carbocycles. The molecular weight excluding hydrogens is 456 g/mol. The van der Waals surface area contributed by atoms with Crippen LogP contribution in [0.5, 0.6) is 0 Å². The van der Waals surface area contributed by atoms with Crippen LogP contribution >= 0.6 is 11.8 Å². The lowest BCUT2D eigenvalue weighted by Crippen LogP contribution is -2.45. The Labute approximate surface area is 200 Å². The molecule has 1 unspecified atom stereocenters. The van der Waals surface area contributed by atoms with E-state index in [9.17, 15) is 18.4 Å². The van der Waals surface area contributed by atoms with Crippen molar-refractivity contribution in [2.45, 2.75) is 24.5 Å². The monoisotopic (exact) mass is 479 g/mol. The molecule has 0 spiro atoms. The standard InChI is InChI=1S/C26H23F2N3O2S/c27-19-8-12-21(13-9-19)29-25(33)23-17-24(32)31(16-4-7-18-5-2-1-3-6-18)26(34-23)30-22-14-10-20(28)11-15-22/h1-3,5-6,8-15,23H,4,7,16-17H2,(H,29,33). The van der Waals surface area contributed by atoms with Crippen LogP contribution in [0.1, 0.15) is 18.4 Å². The highest BCUT2D eigenvalue weighted by atomic mass is 32.2. The van der Waals surface area contributed by atoms with E-state index in [-0.39, 0.29) is 24.1 Å². The number of carbonyl (C=O) groups excluding carboxylic acids is 2. The van der Waals surface area contributed by atoms with Crippen LogP contribution in [0.25, 0.3) is 0 Å². The Kier molecular flexibility index (Phi) is 7.69. The smallest absolute Gasteiger partial charge is 0.238 e. The molecule has 1 fully saturated rings. The van der Waals surface area contributed by atoms with Gasteiger partial charge in [0.1, 0.15) is 16.9 Å². The molecule has 0 aromatic heterocycles. The molecule has 0 radical (unpaired) electrons. The van der Waals surface area contributed by atoms with Crippen LogP contribution in [0.4, 0.5) is 20.2 Å². The number of nitrogens with one attached hydrogen (secondary N) is 1. The second kappa shape index (κ2) is 11.1. The number of thioether (sulfide) groups is 1. The molecular formula is C26H23F2N3O2S. The summed E-state index contributed by atoms with van der Waals surface area (Å²) in [6.45, 7) is 0.451. The molecule has 4 rings (SSSR count). The van der Waals surface area contributed by atoms with Crippen molar-refractivity contribution in [2.75, 3.05) is 11.9 Å². The van der Waals surface area contributed by atoms with Crippen molar-refractivity contribution >= 4 is 40.1 Å². The Morgan fingerprint density at radius 2 is 1.62 bits per heavy atom. The average Bonchev–Trinajstić information content (AvgIpc) is 2.84. The molecule has 1 aliphatic rings. The third kappa shape index (κ3) is 6.29. The lowest BCUT2D eigenvalue weighted by molar-refractivity contribution is -0.129. The number of hydrogen-bond donors (Lipinski definition) is 1. The SMILES string of the molecule is O=C(Nc1ccc(F)cc1)C1CC(=O)N(CCCc2ccccc2)C(=Nc2ccc(F)cc2)S1. The number of halogens is 2. The normalized spacial score (nSPS) is 17.1. The summed E-state index contributed by atoms with van der Waals surface area (Å²) in [7, 11) is 0. The van der Waals surface area contributed by atoms with Crippen LogP contribution in [0.3, 0.4) is 0 Å². The fourth-order valence-corrected chi connectivity index (χ4v) is 4.65. The van der Waals surface area contributed by atoms with Crippen molar-refractivity contribution in [2.24, 2.45) is 4.99 Å². The largest absolute Gasteiger partial charge is 0.325 e. The van der Waals surface area contributed by atoms with Gasteiger partial charge in [0.25, 0.3) is 0 Å². The molecule has 34 heavy (non-hydrogen) atoms. The molecule has 3 aromatic rings. The van der Waals surface area contributed by atoms with Gasteiger partial charge >= 0.3 is 0 Å². The van der Waals surface area contributed by atoms with E-state index in [0.717, 1.165) is 12.8 Å². The minimum absolute atomic E-state index is 0.0193. The number of benzene rings is 3. The minimum Gasteiger partial charge on any atom is -0.325 e. The third-order valence-corrected chi connectivity index (χ3v) is 6.47. The molecule has 174 valence electrons. The maximum atomic E-state index is 13.3. The summed E-state index contributed by atoms with van der Waals surface area (Å²) in [4.78, 5) is 32.0. The average molecular weight is 480 g/mol. The first-order valence-electron chi connectivity index (χ1n) is 10.9. The molecule has 8 heteroatoms. The zero-order valence-corrected chi connectivity index (χ0v) is 19.1. The van der Waals surface area contributed by atoms with Crippen LogP contribution in [-0.2, 0) is 16.0 Å². The van der Waals surface area contributed by atoms with Crippen molar-refractivity contribution < 1.29 is 18.4 Å². The number of rotatable bonds is 7. The minimum atomic E-state index is -0.692. The van der Waals surface area contributed by atoms with Crippen molar-refractivity contribution in [1.29, 1.82) is 0 Å². The summed E-state index contributed by atoms with van der Waals surface area (Å²) < 4.78 is 26.5. The number of carbonyl (C=O) groups is 2. The molecule has 0 saturated carbocycles. The zero-order valence-electron chi connectivity index (χ0n) is 18.3. The summed E-state index contributed by atoms with van der Waals surface area (Å²) in [5.41, 5.74) is 2.11. The predicted molar refractivity (Wildman–Crippen MR) is 131 cm³/mol. The van der Waals surface area contributed by atoms with Gasteiger partial charge in [-0.25, -0.2) is 13.8 Å². The van der Waals surface area contributed by atoms with Gasteiger partial charge in [-0.1, -0.05) is 42.1 Å². The highest BCUT2D eigenvalue weighted by Gasteiger charge is 2.35. The highest BCUT2D eigenvalue weighted by molar-refractivity contribution is 8.15. The maximum Gasteiger partial charge on any atom is 0.238 e. The van der Waals surface area contributed by atoms with Gasteiger partial charge in [0.15, 0.2) is 5.17 Å². The molecule has 2 amide bonds. The molecule has 5 nitrogen and oxygen atoms in total. The lowest BCUT2D eigenvalue weighted by Gasteiger charge is -2.32. The second-order valence-electron chi connectivity index (χ2n) is 7.81. The summed E-state index contributed by atoms with van der Waals surface area (Å²) in [5, 5.41) is 2.43. The summed E-state index contributed by atoms with van der Waals surface area (Å²) in [6, 6.07) is 21.1. The van der Waals surface area contributed by atoms with Gasteiger partial charge in [-0.2, -0.15) is 0 Å². The van der Waals surface area contributed by atoms with E-state index in [2.05, 4.69) is 10.3 Å². The number of amidine groups is 1. The van der Waals surface area contributed by atoms with Gasteiger partial charge in [-0.05, 0) is 66.9 Å². The first-order chi connectivity index (χ1) is 16.5. The highest BCUT2D eigenvalue weighted by Crippen LogP contribution is 2.30. The predicted octanol–water partition coefficient (Wildman–Crippen LogP) is 5.56. The molecule has 0 aliphatic carbocycles. The van der Waals surface area contributed by atoms with Gasteiger partial charge in [0.05, 0.1) is 5.69 Å². The quantitative estimate of drug-likeness (QED) is 0.483. The van der Waals surface area contributed by atoms with Gasteiger partial charge < -0.3 is 5.32 Å². The van der Waals surface area contributed by atoms with E-state index in [0.29, 0.717) is 23.1 Å². The molecule has 0 bridgehead atoms. The first kappa shape index (κ1) is 23.6. The summed E-state index contributed by atoms with van der Waals surface area (Å²) in [6.07, 6.45) is 1.55. The topological polar surface area (TPSA) is 61.8 Å². The lowest BCUT2D eigenvalue weighted by atomic mass is 10.1. The number of hydrogen-bond acceptors (Lipinski definition) is 4. The Hall–Kier alpha value is -3.52. The van der Waals surface area contributed by atoms with Gasteiger partial charge in [0, 0.05) is 18.7 Å². The van der Waals surface area contributed by atoms with Crippen molar-refractivity contribution in [1.82, 2.24) is 4.90 Å². The Balaban J connectivity index is 1.50. The van der Waals surface area contributed by atoms with Gasteiger partial charge in [0.2, 0.25) is 11.8 Å². The van der Waals surface area contributed by atoms with E-state index >= 15 is 0 Å². The van der Waals surface area contributed by atoms with Gasteiger partial charge in [-0.3, -0.25) is 14.5 Å². The number of aryl methyl sites for hydroxylation is 1.